The van der Waals surface area contributed by atoms with Crippen LogP contribution in [0, 0.1) is 0 Å². The quantitative estimate of drug-likeness (QED) is 0.201. The van der Waals surface area contributed by atoms with Gasteiger partial charge in [-0.15, -0.1) is 0 Å². The number of nitrogens with one attached hydrogen (secondary N) is 2. The van der Waals surface area contributed by atoms with E-state index in [1.807, 2.05) is 60.7 Å². The first-order valence-electron chi connectivity index (χ1n) is 14.2. The number of ether oxygens (including phenoxy) is 3. The lowest BCUT2D eigenvalue weighted by atomic mass is 9.97. The van der Waals surface area contributed by atoms with Gasteiger partial charge in [-0.3, -0.25) is 19.5 Å². The number of H-pyrrole nitrogens is 2. The lowest BCUT2D eigenvalue weighted by molar-refractivity contribution is 0.0642. The molecular weight excluding hydrogens is 556 g/mol. The molecule has 9 heteroatoms. The molecule has 0 radical (unpaired) electrons. The smallest absolute Gasteiger partial charge is 0.262 e. The zero-order chi connectivity index (χ0) is 29.9. The molecule has 8 rings (SSSR count). The van der Waals surface area contributed by atoms with Gasteiger partial charge in [0.25, 0.3) is 11.8 Å². The molecule has 0 aliphatic carbocycles. The Morgan fingerprint density at radius 2 is 1.45 bits per heavy atom. The van der Waals surface area contributed by atoms with Gasteiger partial charge in [0, 0.05) is 45.4 Å². The Kier molecular flexibility index (Phi) is 5.80. The monoisotopic (exact) mass is 582 g/mol. The Morgan fingerprint density at radius 1 is 0.750 bits per heavy atom. The van der Waals surface area contributed by atoms with Gasteiger partial charge < -0.3 is 24.2 Å². The molecule has 3 aromatic heterocycles. The number of methoxy groups -OCH3 is 2. The van der Waals surface area contributed by atoms with E-state index in [0.29, 0.717) is 51.3 Å². The summed E-state index contributed by atoms with van der Waals surface area (Å²) in [4.78, 5) is 41.1. The van der Waals surface area contributed by atoms with Crippen LogP contribution in [0.1, 0.15) is 31.8 Å². The Labute approximate surface area is 251 Å². The van der Waals surface area contributed by atoms with Crippen molar-refractivity contribution in [2.75, 3.05) is 14.2 Å². The molecule has 2 amide bonds. The Morgan fingerprint density at radius 3 is 2.18 bits per heavy atom. The number of fused-ring (bicyclic) bond motifs is 10. The second kappa shape index (κ2) is 9.88. The fraction of sp³-hybridized carbons (Fsp3) is 0.114. The van der Waals surface area contributed by atoms with E-state index < -0.39 is 0 Å². The summed E-state index contributed by atoms with van der Waals surface area (Å²) in [5, 5.41) is 3.04. The van der Waals surface area contributed by atoms with Crippen molar-refractivity contribution >= 4 is 55.4 Å². The highest BCUT2D eigenvalue weighted by atomic mass is 16.5. The second-order valence-corrected chi connectivity index (χ2v) is 10.8. The van der Waals surface area contributed by atoms with Crippen molar-refractivity contribution in [1.29, 1.82) is 0 Å². The number of aromatic amines is 2. The lowest BCUT2D eigenvalue weighted by Gasteiger charge is -2.17. The van der Waals surface area contributed by atoms with Crippen molar-refractivity contribution in [3.05, 3.63) is 107 Å². The number of hydrogen-bond donors (Lipinski definition) is 2. The minimum atomic E-state index is -0.358. The number of carbonyl (C=O) groups excluding carboxylic acids is 2. The molecule has 4 aromatic carbocycles. The average Bonchev–Trinajstić information content (AvgIpc) is 3.70. The molecule has 1 aliphatic rings. The molecule has 0 unspecified atom stereocenters. The summed E-state index contributed by atoms with van der Waals surface area (Å²) in [6.45, 7) is 0.476. The summed E-state index contributed by atoms with van der Waals surface area (Å²) in [6.07, 6.45) is 3.42. The predicted octanol–water partition coefficient (Wildman–Crippen LogP) is 6.74. The number of benzene rings is 4. The van der Waals surface area contributed by atoms with Gasteiger partial charge in [0.05, 0.1) is 60.2 Å². The highest BCUT2D eigenvalue weighted by Crippen LogP contribution is 2.44. The number of nitrogens with zero attached hydrogens (tertiary/aromatic N) is 2. The maximum atomic E-state index is 14.3. The summed E-state index contributed by atoms with van der Waals surface area (Å²) in [6, 6.07) is 22.9. The van der Waals surface area contributed by atoms with Crippen molar-refractivity contribution in [2.24, 2.45) is 0 Å². The van der Waals surface area contributed by atoms with Crippen LogP contribution in [-0.4, -0.2) is 45.9 Å². The van der Waals surface area contributed by atoms with Gasteiger partial charge in [-0.1, -0.05) is 30.3 Å². The summed E-state index contributed by atoms with van der Waals surface area (Å²) >= 11 is 0. The van der Waals surface area contributed by atoms with Gasteiger partial charge >= 0.3 is 0 Å². The third kappa shape index (κ3) is 3.82. The van der Waals surface area contributed by atoms with Crippen LogP contribution in [0.2, 0.25) is 0 Å². The van der Waals surface area contributed by atoms with Gasteiger partial charge in [-0.25, -0.2) is 0 Å². The first-order chi connectivity index (χ1) is 21.6. The first kappa shape index (κ1) is 25.8. The van der Waals surface area contributed by atoms with Gasteiger partial charge in [0.2, 0.25) is 0 Å². The fourth-order valence-corrected chi connectivity index (χ4v) is 6.28. The van der Waals surface area contributed by atoms with E-state index in [1.165, 1.54) is 4.90 Å². The van der Waals surface area contributed by atoms with Crippen LogP contribution < -0.4 is 14.2 Å². The number of amides is 2. The fourth-order valence-electron chi connectivity index (χ4n) is 6.28. The van der Waals surface area contributed by atoms with Crippen LogP contribution in [0.15, 0.2) is 85.2 Å². The molecule has 0 atom stereocenters. The Bertz CT molecular complexity index is 2290. The number of aromatic nitrogens is 3. The molecule has 216 valence electrons. The predicted molar refractivity (Wildman–Crippen MR) is 167 cm³/mol. The molecule has 44 heavy (non-hydrogen) atoms. The minimum Gasteiger partial charge on any atom is -0.497 e. The molecule has 0 bridgehead atoms. The SMILES string of the molecule is COc1ccc(CN2C(=O)c3c(c4c5ccc(OCc6ccccc6)cc5[nH]c4c4[nH]c5cnccc5c34)C2=O)c(OC)c1. The van der Waals surface area contributed by atoms with Crippen molar-refractivity contribution in [1.82, 2.24) is 19.9 Å². The van der Waals surface area contributed by atoms with Gasteiger partial charge in [0.15, 0.2) is 0 Å². The number of pyridine rings is 1. The molecule has 4 heterocycles. The van der Waals surface area contributed by atoms with Crippen molar-refractivity contribution < 1.29 is 23.8 Å². The third-order valence-corrected chi connectivity index (χ3v) is 8.36. The van der Waals surface area contributed by atoms with Crippen molar-refractivity contribution in [2.45, 2.75) is 13.2 Å². The minimum absolute atomic E-state index is 0.0479. The summed E-state index contributed by atoms with van der Waals surface area (Å²) < 4.78 is 17.0. The highest BCUT2D eigenvalue weighted by molar-refractivity contribution is 6.39. The van der Waals surface area contributed by atoms with Crippen molar-refractivity contribution in [3.8, 4) is 17.2 Å². The third-order valence-electron chi connectivity index (χ3n) is 8.36. The largest absolute Gasteiger partial charge is 0.497 e. The molecule has 1 aliphatic heterocycles. The zero-order valence-electron chi connectivity index (χ0n) is 23.9. The number of hydrogen-bond acceptors (Lipinski definition) is 6. The molecule has 7 aromatic rings. The molecule has 2 N–H and O–H groups in total. The number of carbonyl (C=O) groups is 2. The summed E-state index contributed by atoms with van der Waals surface area (Å²) in [5.41, 5.74) is 5.58. The lowest BCUT2D eigenvalue weighted by Crippen LogP contribution is -2.29. The van der Waals surface area contributed by atoms with E-state index in [1.54, 1.807) is 38.7 Å². The maximum absolute atomic E-state index is 14.3. The normalized spacial score (nSPS) is 13.0. The van der Waals surface area contributed by atoms with E-state index in [9.17, 15) is 9.59 Å². The molecule has 0 saturated carbocycles. The standard InChI is InChI=1S/C35H26N4O5/c1-42-21-9-8-20(27(15-21)43-2)17-39-34(40)30-28-23-11-10-22(44-18-19-6-4-3-5-7-19)14-25(23)37-32(28)33-29(31(30)35(39)41)24-12-13-36-16-26(24)38-33/h3-16,37-38H,17-18H2,1-2H3. The van der Waals surface area contributed by atoms with Crippen LogP contribution in [-0.2, 0) is 13.2 Å². The van der Waals surface area contributed by atoms with Gasteiger partial charge in [-0.2, -0.15) is 0 Å². The number of imide groups is 1. The van der Waals surface area contributed by atoms with E-state index in [2.05, 4.69) is 15.0 Å². The van der Waals surface area contributed by atoms with Crippen LogP contribution >= 0.6 is 0 Å². The molecule has 0 spiro atoms. The second-order valence-electron chi connectivity index (χ2n) is 10.8. The van der Waals surface area contributed by atoms with Crippen LogP contribution in [0.4, 0.5) is 0 Å². The summed E-state index contributed by atoms with van der Waals surface area (Å²) in [7, 11) is 3.13. The Balaban J connectivity index is 1.31. The molecule has 9 nitrogen and oxygen atoms in total. The van der Waals surface area contributed by atoms with Crippen LogP contribution in [0.3, 0.4) is 0 Å². The van der Waals surface area contributed by atoms with E-state index in [0.717, 1.165) is 38.4 Å². The van der Waals surface area contributed by atoms with Gasteiger partial charge in [-0.05, 0) is 35.9 Å². The molecular formula is C35H26N4O5. The van der Waals surface area contributed by atoms with E-state index in [4.69, 9.17) is 14.2 Å². The zero-order valence-corrected chi connectivity index (χ0v) is 23.9. The summed E-state index contributed by atoms with van der Waals surface area (Å²) in [5.74, 6) is 1.13. The van der Waals surface area contributed by atoms with E-state index in [-0.39, 0.29) is 18.4 Å². The highest BCUT2D eigenvalue weighted by Gasteiger charge is 2.41. The topological polar surface area (TPSA) is 110 Å². The molecule has 0 fully saturated rings. The van der Waals surface area contributed by atoms with Crippen LogP contribution in [0.25, 0.3) is 43.6 Å². The average molecular weight is 583 g/mol. The Hall–Kier alpha value is -5.83. The number of rotatable bonds is 7. The maximum Gasteiger partial charge on any atom is 0.262 e. The first-order valence-corrected chi connectivity index (χ1v) is 14.2. The van der Waals surface area contributed by atoms with Crippen LogP contribution in [0.5, 0.6) is 17.2 Å². The van der Waals surface area contributed by atoms with E-state index >= 15 is 0 Å². The van der Waals surface area contributed by atoms with Crippen molar-refractivity contribution in [3.63, 3.8) is 0 Å². The van der Waals surface area contributed by atoms with Gasteiger partial charge in [0.1, 0.15) is 23.9 Å². The molecule has 0 saturated heterocycles.